The number of hydrogen-bond donors (Lipinski definition) is 0. The van der Waals surface area contributed by atoms with E-state index in [1.165, 1.54) is 12.8 Å². The average Bonchev–Trinajstić information content (AvgIpc) is 2.38. The van der Waals surface area contributed by atoms with E-state index in [4.69, 9.17) is 4.74 Å². The molecule has 1 unspecified atom stereocenters. The first-order valence-corrected chi connectivity index (χ1v) is 3.68. The Balaban J connectivity index is 2.24. The van der Waals surface area contributed by atoms with Gasteiger partial charge in [-0.25, -0.2) is 0 Å². The summed E-state index contributed by atoms with van der Waals surface area (Å²) in [5, 5.41) is 0. The molecule has 1 aliphatic heterocycles. The molecule has 0 bridgehead atoms. The molecule has 1 atom stereocenters. The van der Waals surface area contributed by atoms with Crippen molar-refractivity contribution in [2.75, 3.05) is 13.1 Å². The molecular formula is C7H13NO2. The van der Waals surface area contributed by atoms with Gasteiger partial charge in [0.15, 0.2) is 6.23 Å². The van der Waals surface area contributed by atoms with Crippen molar-refractivity contribution in [3.05, 3.63) is 0 Å². The molecule has 10 heavy (non-hydrogen) atoms. The summed E-state index contributed by atoms with van der Waals surface area (Å²) >= 11 is 0. The highest BCUT2D eigenvalue weighted by Crippen LogP contribution is 2.11. The van der Waals surface area contributed by atoms with Crippen LogP contribution in [0.5, 0.6) is 0 Å². The van der Waals surface area contributed by atoms with Gasteiger partial charge in [-0.1, -0.05) is 0 Å². The molecule has 0 saturated carbocycles. The fourth-order valence-corrected chi connectivity index (χ4v) is 1.27. The van der Waals surface area contributed by atoms with Gasteiger partial charge in [-0.2, -0.15) is 0 Å². The van der Waals surface area contributed by atoms with Crippen LogP contribution in [-0.4, -0.2) is 30.7 Å². The van der Waals surface area contributed by atoms with Gasteiger partial charge in [-0.05, 0) is 19.8 Å². The second-order valence-electron chi connectivity index (χ2n) is 2.57. The summed E-state index contributed by atoms with van der Waals surface area (Å²) in [4.78, 5) is 12.1. The van der Waals surface area contributed by atoms with Crippen LogP contribution in [0.15, 0.2) is 0 Å². The Morgan fingerprint density at radius 3 is 2.60 bits per heavy atom. The Labute approximate surface area is 61.0 Å². The lowest BCUT2D eigenvalue weighted by molar-refractivity contribution is -0.140. The van der Waals surface area contributed by atoms with E-state index in [9.17, 15) is 4.79 Å². The second-order valence-corrected chi connectivity index (χ2v) is 2.57. The average molecular weight is 143 g/mol. The summed E-state index contributed by atoms with van der Waals surface area (Å²) in [7, 11) is 0. The van der Waals surface area contributed by atoms with E-state index in [0.717, 1.165) is 13.1 Å². The van der Waals surface area contributed by atoms with E-state index >= 15 is 0 Å². The zero-order valence-corrected chi connectivity index (χ0v) is 6.25. The van der Waals surface area contributed by atoms with E-state index in [2.05, 4.69) is 4.90 Å². The Morgan fingerprint density at radius 1 is 1.50 bits per heavy atom. The maximum atomic E-state index is 9.92. The molecule has 1 saturated heterocycles. The van der Waals surface area contributed by atoms with Crippen molar-refractivity contribution >= 4 is 6.47 Å². The van der Waals surface area contributed by atoms with Crippen LogP contribution in [0.2, 0.25) is 0 Å². The van der Waals surface area contributed by atoms with Gasteiger partial charge in [-0.15, -0.1) is 0 Å². The molecule has 0 amide bonds. The van der Waals surface area contributed by atoms with Gasteiger partial charge in [0.1, 0.15) is 0 Å². The largest absolute Gasteiger partial charge is 0.449 e. The van der Waals surface area contributed by atoms with Gasteiger partial charge >= 0.3 is 0 Å². The minimum atomic E-state index is -0.0278. The molecule has 0 aromatic rings. The van der Waals surface area contributed by atoms with Crippen LogP contribution in [0.4, 0.5) is 0 Å². The number of hydrogen-bond acceptors (Lipinski definition) is 3. The van der Waals surface area contributed by atoms with E-state index in [0.29, 0.717) is 6.47 Å². The monoisotopic (exact) mass is 143 g/mol. The topological polar surface area (TPSA) is 29.5 Å². The van der Waals surface area contributed by atoms with Crippen molar-refractivity contribution in [3.63, 3.8) is 0 Å². The summed E-state index contributed by atoms with van der Waals surface area (Å²) in [6.07, 6.45) is 2.43. The molecule has 0 radical (unpaired) electrons. The summed E-state index contributed by atoms with van der Waals surface area (Å²) in [6, 6.07) is 0. The number of rotatable bonds is 3. The summed E-state index contributed by atoms with van der Waals surface area (Å²) < 4.78 is 4.77. The number of likely N-dealkylation sites (tertiary alicyclic amines) is 1. The second kappa shape index (κ2) is 3.56. The zero-order chi connectivity index (χ0) is 7.40. The van der Waals surface area contributed by atoms with Gasteiger partial charge in [0.05, 0.1) is 0 Å². The molecule has 1 rings (SSSR count). The number of carbonyl (C=O) groups excluding carboxylic acids is 1. The van der Waals surface area contributed by atoms with E-state index in [1.807, 2.05) is 6.92 Å². The lowest BCUT2D eigenvalue weighted by Gasteiger charge is -2.20. The maximum Gasteiger partial charge on any atom is 0.294 e. The highest BCUT2D eigenvalue weighted by atomic mass is 16.5. The minimum Gasteiger partial charge on any atom is -0.449 e. The van der Waals surface area contributed by atoms with Crippen LogP contribution in [0.3, 0.4) is 0 Å². The molecule has 0 aromatic heterocycles. The zero-order valence-electron chi connectivity index (χ0n) is 6.25. The van der Waals surface area contributed by atoms with Gasteiger partial charge in [0.2, 0.25) is 0 Å². The molecule has 3 nitrogen and oxygen atoms in total. The van der Waals surface area contributed by atoms with Gasteiger partial charge in [0.25, 0.3) is 6.47 Å². The SMILES string of the molecule is CC(OC=O)N1CCCC1. The Kier molecular flexibility index (Phi) is 2.68. The Morgan fingerprint density at radius 2 is 2.10 bits per heavy atom. The fraction of sp³-hybridized carbons (Fsp3) is 0.857. The molecule has 1 heterocycles. The minimum absolute atomic E-state index is 0.0278. The molecule has 1 aliphatic rings. The predicted octanol–water partition coefficient (Wildman–Crippen LogP) is 0.601. The maximum absolute atomic E-state index is 9.92. The van der Waals surface area contributed by atoms with Crippen LogP contribution in [0, 0.1) is 0 Å². The molecular weight excluding hydrogens is 130 g/mol. The first kappa shape index (κ1) is 7.54. The molecule has 0 spiro atoms. The van der Waals surface area contributed by atoms with Crippen LogP contribution in [0.1, 0.15) is 19.8 Å². The third-order valence-corrected chi connectivity index (χ3v) is 1.91. The van der Waals surface area contributed by atoms with E-state index in [1.54, 1.807) is 0 Å². The number of nitrogens with zero attached hydrogens (tertiary/aromatic N) is 1. The standard InChI is InChI=1S/C7H13NO2/c1-7(10-6-9)8-4-2-3-5-8/h6-7H,2-5H2,1H3. The van der Waals surface area contributed by atoms with Crippen molar-refractivity contribution in [1.29, 1.82) is 0 Å². The normalized spacial score (nSPS) is 22.5. The van der Waals surface area contributed by atoms with Crippen LogP contribution < -0.4 is 0 Å². The van der Waals surface area contributed by atoms with Crippen LogP contribution in [-0.2, 0) is 9.53 Å². The summed E-state index contributed by atoms with van der Waals surface area (Å²) in [5.41, 5.74) is 0. The van der Waals surface area contributed by atoms with Gasteiger partial charge < -0.3 is 4.74 Å². The summed E-state index contributed by atoms with van der Waals surface area (Å²) in [5.74, 6) is 0. The lowest BCUT2D eigenvalue weighted by Crippen LogP contribution is -2.31. The van der Waals surface area contributed by atoms with Crippen molar-refractivity contribution in [2.45, 2.75) is 26.0 Å². The third kappa shape index (κ3) is 1.70. The highest BCUT2D eigenvalue weighted by molar-refractivity contribution is 5.37. The van der Waals surface area contributed by atoms with Crippen molar-refractivity contribution in [1.82, 2.24) is 4.90 Å². The lowest BCUT2D eigenvalue weighted by atomic mass is 10.4. The first-order chi connectivity index (χ1) is 4.84. The quantitative estimate of drug-likeness (QED) is 0.542. The van der Waals surface area contributed by atoms with Crippen molar-refractivity contribution in [2.24, 2.45) is 0 Å². The predicted molar refractivity (Wildman–Crippen MR) is 37.4 cm³/mol. The Bertz CT molecular complexity index is 110. The molecule has 0 aliphatic carbocycles. The molecule has 3 heteroatoms. The van der Waals surface area contributed by atoms with Crippen molar-refractivity contribution < 1.29 is 9.53 Å². The third-order valence-electron chi connectivity index (χ3n) is 1.91. The smallest absolute Gasteiger partial charge is 0.294 e. The van der Waals surface area contributed by atoms with E-state index < -0.39 is 0 Å². The first-order valence-electron chi connectivity index (χ1n) is 3.68. The van der Waals surface area contributed by atoms with Gasteiger partial charge in [0, 0.05) is 13.1 Å². The van der Waals surface area contributed by atoms with Crippen LogP contribution in [0.25, 0.3) is 0 Å². The fourth-order valence-electron chi connectivity index (χ4n) is 1.27. The summed E-state index contributed by atoms with van der Waals surface area (Å²) in [6.45, 7) is 4.55. The molecule has 1 fully saturated rings. The Hall–Kier alpha value is -0.570. The molecule has 0 aromatic carbocycles. The molecule has 58 valence electrons. The van der Waals surface area contributed by atoms with Crippen LogP contribution >= 0.6 is 0 Å². The van der Waals surface area contributed by atoms with Crippen molar-refractivity contribution in [3.8, 4) is 0 Å². The molecule has 0 N–H and O–H groups in total. The van der Waals surface area contributed by atoms with Gasteiger partial charge in [-0.3, -0.25) is 9.69 Å². The number of ether oxygens (including phenoxy) is 1. The highest BCUT2D eigenvalue weighted by Gasteiger charge is 2.17. The van der Waals surface area contributed by atoms with E-state index in [-0.39, 0.29) is 6.23 Å². The number of carbonyl (C=O) groups is 1.